The van der Waals surface area contributed by atoms with E-state index < -0.39 is 10.0 Å². The van der Waals surface area contributed by atoms with Gasteiger partial charge in [-0.15, -0.1) is 0 Å². The maximum absolute atomic E-state index is 12.2. The molecule has 0 bridgehead atoms. The highest BCUT2D eigenvalue weighted by molar-refractivity contribution is 7.89. The van der Waals surface area contributed by atoms with Crippen molar-refractivity contribution in [2.75, 3.05) is 31.9 Å². The molecule has 0 aromatic heterocycles. The van der Waals surface area contributed by atoms with E-state index in [1.807, 2.05) is 18.2 Å². The smallest absolute Gasteiger partial charge is 0.222 e. The molecule has 6 heteroatoms. The minimum atomic E-state index is -3.13. The first-order valence-electron chi connectivity index (χ1n) is 7.82. The molecule has 0 unspecified atom stereocenters. The van der Waals surface area contributed by atoms with Crippen molar-refractivity contribution in [2.24, 2.45) is 0 Å². The molecule has 0 spiro atoms. The molecule has 0 N–H and O–H groups in total. The summed E-state index contributed by atoms with van der Waals surface area (Å²) in [6.07, 6.45) is 2.25. The van der Waals surface area contributed by atoms with Gasteiger partial charge in [-0.2, -0.15) is 4.31 Å². The maximum Gasteiger partial charge on any atom is 0.222 e. The summed E-state index contributed by atoms with van der Waals surface area (Å²) in [4.78, 5) is 14.0. The highest BCUT2D eigenvalue weighted by atomic mass is 32.2. The van der Waals surface area contributed by atoms with Crippen LogP contribution in [0.15, 0.2) is 30.3 Å². The highest BCUT2D eigenvalue weighted by Crippen LogP contribution is 2.11. The average Bonchev–Trinajstić information content (AvgIpc) is 2.56. The second-order valence-corrected chi connectivity index (χ2v) is 7.78. The van der Waals surface area contributed by atoms with Gasteiger partial charge in [0, 0.05) is 32.6 Å². The number of amides is 1. The molecule has 0 saturated carbocycles. The predicted molar refractivity (Wildman–Crippen MR) is 87.0 cm³/mol. The Bertz CT molecular complexity index is 579. The number of aryl methyl sites for hydroxylation is 1. The molecule has 0 radical (unpaired) electrons. The van der Waals surface area contributed by atoms with Gasteiger partial charge in [0.15, 0.2) is 0 Å². The number of carbonyl (C=O) groups is 1. The van der Waals surface area contributed by atoms with E-state index in [4.69, 9.17) is 0 Å². The minimum Gasteiger partial charge on any atom is -0.340 e. The lowest BCUT2D eigenvalue weighted by atomic mass is 10.1. The van der Waals surface area contributed by atoms with Crippen LogP contribution in [0.1, 0.15) is 25.3 Å². The van der Waals surface area contributed by atoms with Gasteiger partial charge < -0.3 is 4.90 Å². The minimum absolute atomic E-state index is 0.123. The van der Waals surface area contributed by atoms with Crippen molar-refractivity contribution in [3.05, 3.63) is 35.9 Å². The molecular formula is C16H24N2O3S. The molecule has 1 heterocycles. The van der Waals surface area contributed by atoms with Crippen LogP contribution in [0.3, 0.4) is 0 Å². The van der Waals surface area contributed by atoms with Crippen LogP contribution in [-0.4, -0.2) is 55.5 Å². The van der Waals surface area contributed by atoms with Gasteiger partial charge in [-0.05, 0) is 25.3 Å². The summed E-state index contributed by atoms with van der Waals surface area (Å²) in [7, 11) is -3.13. The topological polar surface area (TPSA) is 57.7 Å². The quantitative estimate of drug-likeness (QED) is 0.797. The van der Waals surface area contributed by atoms with Gasteiger partial charge in [-0.1, -0.05) is 30.3 Å². The van der Waals surface area contributed by atoms with E-state index >= 15 is 0 Å². The number of nitrogens with zero attached hydrogens (tertiary/aromatic N) is 2. The Hall–Kier alpha value is -1.40. The average molecular weight is 324 g/mol. The highest BCUT2D eigenvalue weighted by Gasteiger charge is 2.27. The van der Waals surface area contributed by atoms with Gasteiger partial charge in [-0.3, -0.25) is 4.79 Å². The third-order valence-corrected chi connectivity index (χ3v) is 5.93. The summed E-state index contributed by atoms with van der Waals surface area (Å²) in [6.45, 7) is 3.49. The van der Waals surface area contributed by atoms with Gasteiger partial charge >= 0.3 is 0 Å². The third kappa shape index (κ3) is 4.55. The lowest BCUT2D eigenvalue weighted by Gasteiger charge is -2.33. The SMILES string of the molecule is CCS(=O)(=O)N1CCN(C(=O)CCCc2ccccc2)CC1. The van der Waals surface area contributed by atoms with Crippen molar-refractivity contribution < 1.29 is 13.2 Å². The van der Waals surface area contributed by atoms with E-state index in [0.29, 0.717) is 32.6 Å². The van der Waals surface area contributed by atoms with E-state index in [1.165, 1.54) is 9.87 Å². The zero-order chi connectivity index (χ0) is 16.0. The largest absolute Gasteiger partial charge is 0.340 e. The number of rotatable bonds is 6. The number of piperazine rings is 1. The molecule has 22 heavy (non-hydrogen) atoms. The normalized spacial score (nSPS) is 16.7. The van der Waals surface area contributed by atoms with Crippen LogP contribution in [0.5, 0.6) is 0 Å². The van der Waals surface area contributed by atoms with Crippen LogP contribution in [0.25, 0.3) is 0 Å². The molecule has 0 aliphatic carbocycles. The molecule has 122 valence electrons. The Labute approximate surface area is 133 Å². The number of hydrogen-bond acceptors (Lipinski definition) is 3. The molecule has 5 nitrogen and oxygen atoms in total. The van der Waals surface area contributed by atoms with Crippen LogP contribution < -0.4 is 0 Å². The van der Waals surface area contributed by atoms with Crippen LogP contribution in [0.4, 0.5) is 0 Å². The van der Waals surface area contributed by atoms with E-state index in [0.717, 1.165) is 12.8 Å². The molecule has 1 aromatic rings. The maximum atomic E-state index is 12.2. The third-order valence-electron chi connectivity index (χ3n) is 4.05. The fraction of sp³-hybridized carbons (Fsp3) is 0.562. The standard InChI is InChI=1S/C16H24N2O3S/c1-2-22(20,21)18-13-11-17(12-14-18)16(19)10-6-9-15-7-4-3-5-8-15/h3-5,7-8H,2,6,9-14H2,1H3. The van der Waals surface area contributed by atoms with Crippen molar-refractivity contribution in [1.82, 2.24) is 9.21 Å². The molecular weight excluding hydrogens is 300 g/mol. The van der Waals surface area contributed by atoms with Crippen molar-refractivity contribution in [3.63, 3.8) is 0 Å². The number of carbonyl (C=O) groups excluding carboxylic acids is 1. The van der Waals surface area contributed by atoms with E-state index in [2.05, 4.69) is 12.1 Å². The summed E-state index contributed by atoms with van der Waals surface area (Å²) in [5.74, 6) is 0.252. The zero-order valence-corrected chi connectivity index (χ0v) is 13.9. The Balaban J connectivity index is 1.73. The first-order valence-corrected chi connectivity index (χ1v) is 9.43. The van der Waals surface area contributed by atoms with E-state index in [1.54, 1.807) is 11.8 Å². The van der Waals surface area contributed by atoms with Gasteiger partial charge in [0.1, 0.15) is 0 Å². The van der Waals surface area contributed by atoms with Crippen LogP contribution in [-0.2, 0) is 21.2 Å². The van der Waals surface area contributed by atoms with E-state index in [-0.39, 0.29) is 11.7 Å². The second kappa shape index (κ2) is 7.74. The molecule has 1 amide bonds. The van der Waals surface area contributed by atoms with Crippen LogP contribution in [0, 0.1) is 0 Å². The second-order valence-electron chi connectivity index (χ2n) is 5.52. The lowest BCUT2D eigenvalue weighted by Crippen LogP contribution is -2.50. The number of benzene rings is 1. The summed E-state index contributed by atoms with van der Waals surface area (Å²) >= 11 is 0. The summed E-state index contributed by atoms with van der Waals surface area (Å²) in [5.41, 5.74) is 1.24. The molecule has 1 fully saturated rings. The van der Waals surface area contributed by atoms with Crippen molar-refractivity contribution in [2.45, 2.75) is 26.2 Å². The Morgan fingerprint density at radius 1 is 1.09 bits per heavy atom. The van der Waals surface area contributed by atoms with Crippen LogP contribution >= 0.6 is 0 Å². The molecule has 2 rings (SSSR count). The Morgan fingerprint density at radius 3 is 2.32 bits per heavy atom. The van der Waals surface area contributed by atoms with Crippen molar-refractivity contribution in [1.29, 1.82) is 0 Å². The first-order chi connectivity index (χ1) is 10.5. The zero-order valence-electron chi connectivity index (χ0n) is 13.1. The van der Waals surface area contributed by atoms with E-state index in [9.17, 15) is 13.2 Å². The molecule has 1 aliphatic rings. The van der Waals surface area contributed by atoms with Crippen molar-refractivity contribution in [3.8, 4) is 0 Å². The van der Waals surface area contributed by atoms with Gasteiger partial charge in [0.25, 0.3) is 0 Å². The predicted octanol–water partition coefficient (Wildman–Crippen LogP) is 1.50. The fourth-order valence-corrected chi connectivity index (χ4v) is 3.73. The molecule has 1 saturated heterocycles. The first kappa shape index (κ1) is 17.0. The molecule has 0 atom stereocenters. The lowest BCUT2D eigenvalue weighted by molar-refractivity contribution is -0.132. The van der Waals surface area contributed by atoms with Gasteiger partial charge in [-0.25, -0.2) is 8.42 Å². The van der Waals surface area contributed by atoms with Crippen LogP contribution in [0.2, 0.25) is 0 Å². The Morgan fingerprint density at radius 2 is 1.73 bits per heavy atom. The number of sulfonamides is 1. The number of hydrogen-bond donors (Lipinski definition) is 0. The molecule has 1 aliphatic heterocycles. The van der Waals surface area contributed by atoms with Gasteiger partial charge in [0.2, 0.25) is 15.9 Å². The summed E-state index contributed by atoms with van der Waals surface area (Å²) < 4.78 is 25.1. The van der Waals surface area contributed by atoms with Crippen molar-refractivity contribution >= 4 is 15.9 Å². The molecule has 1 aromatic carbocycles. The fourth-order valence-electron chi connectivity index (χ4n) is 2.64. The Kier molecular flexibility index (Phi) is 5.97. The van der Waals surface area contributed by atoms with Gasteiger partial charge in [0.05, 0.1) is 5.75 Å². The summed E-state index contributed by atoms with van der Waals surface area (Å²) in [5, 5.41) is 0. The monoisotopic (exact) mass is 324 g/mol. The summed E-state index contributed by atoms with van der Waals surface area (Å²) in [6, 6.07) is 10.1.